The Balaban J connectivity index is 2.17. The van der Waals surface area contributed by atoms with Crippen molar-refractivity contribution in [2.24, 2.45) is 0 Å². The zero-order chi connectivity index (χ0) is 17.2. The number of aliphatic carboxylic acids is 1. The molecule has 1 aromatic carbocycles. The molecule has 4 nitrogen and oxygen atoms in total. The van der Waals surface area contributed by atoms with Crippen LogP contribution in [0.3, 0.4) is 0 Å². The number of carboxylic acid groups (broad SMARTS) is 1. The lowest BCUT2D eigenvalue weighted by Crippen LogP contribution is -2.19. The third-order valence-electron chi connectivity index (χ3n) is 3.63. The van der Waals surface area contributed by atoms with E-state index in [0.717, 1.165) is 12.1 Å². The average molecular weight is 328 g/mol. The SMILES string of the molecule is C=C(CC(=O)O)C(=O)O[C@@H]1CCCc2cc(C(F)(F)F)ccc21. The summed E-state index contributed by atoms with van der Waals surface area (Å²) >= 11 is 0. The first-order valence-corrected chi connectivity index (χ1v) is 6.99. The number of carbonyl (C=O) groups excluding carboxylic acids is 1. The molecule has 2 rings (SSSR count). The number of alkyl halides is 3. The predicted molar refractivity (Wildman–Crippen MR) is 74.6 cm³/mol. The molecule has 0 heterocycles. The van der Waals surface area contributed by atoms with Gasteiger partial charge in [-0.3, -0.25) is 4.79 Å². The molecule has 0 amide bonds. The monoisotopic (exact) mass is 328 g/mol. The van der Waals surface area contributed by atoms with Crippen molar-refractivity contribution in [3.63, 3.8) is 0 Å². The van der Waals surface area contributed by atoms with Crippen LogP contribution in [0.15, 0.2) is 30.4 Å². The number of hydrogen-bond acceptors (Lipinski definition) is 3. The fourth-order valence-electron chi connectivity index (χ4n) is 2.54. The average Bonchev–Trinajstić information content (AvgIpc) is 2.45. The van der Waals surface area contributed by atoms with Crippen LogP contribution in [0.5, 0.6) is 0 Å². The molecule has 0 aromatic heterocycles. The third kappa shape index (κ3) is 4.12. The topological polar surface area (TPSA) is 63.6 Å². The minimum absolute atomic E-state index is 0.198. The molecule has 7 heteroatoms. The summed E-state index contributed by atoms with van der Waals surface area (Å²) < 4.78 is 43.4. The van der Waals surface area contributed by atoms with Gasteiger partial charge < -0.3 is 9.84 Å². The van der Waals surface area contributed by atoms with E-state index in [2.05, 4.69) is 6.58 Å². The van der Waals surface area contributed by atoms with Gasteiger partial charge in [0.25, 0.3) is 0 Å². The molecular formula is C16H15F3O4. The van der Waals surface area contributed by atoms with Crippen LogP contribution in [0.1, 0.15) is 42.1 Å². The van der Waals surface area contributed by atoms with Crippen molar-refractivity contribution >= 4 is 11.9 Å². The molecule has 1 N–H and O–H groups in total. The van der Waals surface area contributed by atoms with Crippen LogP contribution < -0.4 is 0 Å². The van der Waals surface area contributed by atoms with Crippen LogP contribution >= 0.6 is 0 Å². The molecular weight excluding hydrogens is 313 g/mol. The number of carbonyl (C=O) groups is 2. The summed E-state index contributed by atoms with van der Waals surface area (Å²) in [5.41, 5.74) is 0.0866. The molecule has 1 atom stereocenters. The Hall–Kier alpha value is -2.31. The van der Waals surface area contributed by atoms with Gasteiger partial charge in [-0.1, -0.05) is 12.6 Å². The lowest BCUT2D eigenvalue weighted by atomic mass is 9.88. The van der Waals surface area contributed by atoms with E-state index in [1.54, 1.807) is 0 Å². The van der Waals surface area contributed by atoms with Crippen molar-refractivity contribution in [1.29, 1.82) is 0 Å². The van der Waals surface area contributed by atoms with Gasteiger partial charge in [-0.15, -0.1) is 0 Å². The van der Waals surface area contributed by atoms with Gasteiger partial charge in [0.15, 0.2) is 0 Å². The number of rotatable bonds is 4. The largest absolute Gasteiger partial charge is 0.481 e. The quantitative estimate of drug-likeness (QED) is 0.677. The summed E-state index contributed by atoms with van der Waals surface area (Å²) in [6.45, 7) is 3.36. The molecule has 0 aliphatic heterocycles. The van der Waals surface area contributed by atoms with Gasteiger partial charge in [0.05, 0.1) is 12.0 Å². The molecule has 0 bridgehead atoms. The second-order valence-electron chi connectivity index (χ2n) is 5.37. The standard InChI is InChI=1S/C16H15F3O4/c1-9(7-14(20)21)15(22)23-13-4-2-3-10-8-11(16(17,18)19)5-6-12(10)13/h5-6,8,13H,1-4,7H2,(H,20,21)/t13-/m1/s1. The summed E-state index contributed by atoms with van der Waals surface area (Å²) in [4.78, 5) is 22.4. The number of halogens is 3. The summed E-state index contributed by atoms with van der Waals surface area (Å²) in [7, 11) is 0. The number of hydrogen-bond donors (Lipinski definition) is 1. The van der Waals surface area contributed by atoms with Gasteiger partial charge in [-0.2, -0.15) is 13.2 Å². The van der Waals surface area contributed by atoms with Crippen molar-refractivity contribution < 1.29 is 32.6 Å². The molecule has 0 saturated heterocycles. The minimum atomic E-state index is -4.42. The van der Waals surface area contributed by atoms with E-state index >= 15 is 0 Å². The van der Waals surface area contributed by atoms with Crippen LogP contribution in [-0.2, 0) is 26.9 Å². The second-order valence-corrected chi connectivity index (χ2v) is 5.37. The van der Waals surface area contributed by atoms with E-state index in [4.69, 9.17) is 9.84 Å². The summed E-state index contributed by atoms with van der Waals surface area (Å²) in [5.74, 6) is -2.05. The van der Waals surface area contributed by atoms with Crippen LogP contribution in [0.25, 0.3) is 0 Å². The smallest absolute Gasteiger partial charge is 0.416 e. The van der Waals surface area contributed by atoms with Gasteiger partial charge in [-0.25, -0.2) is 4.79 Å². The molecule has 1 aliphatic carbocycles. The van der Waals surface area contributed by atoms with Crippen LogP contribution in [0.4, 0.5) is 13.2 Å². The normalized spacial score (nSPS) is 17.3. The van der Waals surface area contributed by atoms with Crippen molar-refractivity contribution in [2.75, 3.05) is 0 Å². The maximum Gasteiger partial charge on any atom is 0.416 e. The highest BCUT2D eigenvalue weighted by Gasteiger charge is 2.33. The number of aryl methyl sites for hydroxylation is 1. The molecule has 124 valence electrons. The number of fused-ring (bicyclic) bond motifs is 1. The van der Waals surface area contributed by atoms with Crippen LogP contribution in [-0.4, -0.2) is 17.0 Å². The molecule has 0 unspecified atom stereocenters. The maximum atomic E-state index is 12.7. The van der Waals surface area contributed by atoms with E-state index in [9.17, 15) is 22.8 Å². The van der Waals surface area contributed by atoms with Crippen LogP contribution in [0, 0.1) is 0 Å². The van der Waals surface area contributed by atoms with Crippen molar-refractivity contribution in [3.05, 3.63) is 47.0 Å². The summed E-state index contributed by atoms with van der Waals surface area (Å²) in [6, 6.07) is 3.34. The first kappa shape index (κ1) is 17.1. The van der Waals surface area contributed by atoms with Crippen molar-refractivity contribution in [1.82, 2.24) is 0 Å². The maximum absolute atomic E-state index is 12.7. The lowest BCUT2D eigenvalue weighted by Gasteiger charge is -2.26. The Morgan fingerprint density at radius 1 is 1.35 bits per heavy atom. The van der Waals surface area contributed by atoms with Gasteiger partial charge in [0.2, 0.25) is 0 Å². The number of ether oxygens (including phenoxy) is 1. The van der Waals surface area contributed by atoms with E-state index in [1.807, 2.05) is 0 Å². The highest BCUT2D eigenvalue weighted by Crippen LogP contribution is 2.37. The van der Waals surface area contributed by atoms with E-state index in [1.165, 1.54) is 6.07 Å². The molecule has 0 fully saturated rings. The van der Waals surface area contributed by atoms with Gasteiger partial charge >= 0.3 is 18.1 Å². The lowest BCUT2D eigenvalue weighted by molar-refractivity contribution is -0.147. The number of esters is 1. The van der Waals surface area contributed by atoms with E-state index in [0.29, 0.717) is 30.4 Å². The molecule has 1 aliphatic rings. The zero-order valence-electron chi connectivity index (χ0n) is 12.2. The molecule has 0 radical (unpaired) electrons. The number of carboxylic acids is 1. The second kappa shape index (κ2) is 6.44. The zero-order valence-corrected chi connectivity index (χ0v) is 12.2. The predicted octanol–water partition coefficient (Wildman–Crippen LogP) is 3.66. The van der Waals surface area contributed by atoms with Crippen molar-refractivity contribution in [2.45, 2.75) is 38.0 Å². The fourth-order valence-corrected chi connectivity index (χ4v) is 2.54. The minimum Gasteiger partial charge on any atom is -0.481 e. The number of benzene rings is 1. The highest BCUT2D eigenvalue weighted by molar-refractivity contribution is 5.92. The molecule has 1 aromatic rings. The van der Waals surface area contributed by atoms with E-state index in [-0.39, 0.29) is 5.57 Å². The summed E-state index contributed by atoms with van der Waals surface area (Å²) in [5, 5.41) is 8.63. The van der Waals surface area contributed by atoms with Gasteiger partial charge in [-0.05, 0) is 42.5 Å². The van der Waals surface area contributed by atoms with E-state index < -0.39 is 36.2 Å². The Bertz CT molecular complexity index is 649. The highest BCUT2D eigenvalue weighted by atomic mass is 19.4. The van der Waals surface area contributed by atoms with Gasteiger partial charge in [0.1, 0.15) is 6.10 Å². The fraction of sp³-hybridized carbons (Fsp3) is 0.375. The Morgan fingerprint density at radius 2 is 2.04 bits per heavy atom. The first-order valence-electron chi connectivity index (χ1n) is 6.99. The van der Waals surface area contributed by atoms with Crippen molar-refractivity contribution in [3.8, 4) is 0 Å². The Labute approximate surface area is 130 Å². The Morgan fingerprint density at radius 3 is 2.65 bits per heavy atom. The van der Waals surface area contributed by atoms with Gasteiger partial charge in [0, 0.05) is 5.57 Å². The Kier molecular flexibility index (Phi) is 4.77. The van der Waals surface area contributed by atoms with Crippen LogP contribution in [0.2, 0.25) is 0 Å². The molecule has 23 heavy (non-hydrogen) atoms. The summed E-state index contributed by atoms with van der Waals surface area (Å²) in [6.07, 6.45) is -4.11. The third-order valence-corrected chi connectivity index (χ3v) is 3.63. The first-order chi connectivity index (χ1) is 10.7. The molecule has 0 spiro atoms. The molecule has 0 saturated carbocycles.